The molecule has 0 spiro atoms. The van der Waals surface area contributed by atoms with Gasteiger partial charge >= 0.3 is 0 Å². The highest BCUT2D eigenvalue weighted by Gasteiger charge is 2.25. The van der Waals surface area contributed by atoms with Crippen molar-refractivity contribution in [2.45, 2.75) is 50.9 Å². The van der Waals surface area contributed by atoms with Crippen molar-refractivity contribution in [3.05, 3.63) is 47.4 Å². The number of halogens is 1. The van der Waals surface area contributed by atoms with E-state index in [1.165, 1.54) is 18.6 Å². The first-order chi connectivity index (χ1) is 16.2. The summed E-state index contributed by atoms with van der Waals surface area (Å²) in [7, 11) is 0. The van der Waals surface area contributed by atoms with Gasteiger partial charge in [-0.3, -0.25) is 10.1 Å². The highest BCUT2D eigenvalue weighted by atomic mass is 32.1. The summed E-state index contributed by atoms with van der Waals surface area (Å²) in [5.74, 6) is 0.492. The molecular weight excluding hydrogens is 437 g/mol. The number of carbonyl (C=O) groups excluding carboxylic acids is 1. The van der Waals surface area contributed by atoms with Gasteiger partial charge in [0.05, 0.1) is 21.3 Å². The van der Waals surface area contributed by atoms with E-state index < -0.39 is 0 Å². The van der Waals surface area contributed by atoms with Crippen LogP contribution in [0.25, 0.3) is 21.8 Å². The predicted molar refractivity (Wildman–Crippen MR) is 129 cm³/mol. The number of anilines is 1. The van der Waals surface area contributed by atoms with Crippen molar-refractivity contribution in [2.24, 2.45) is 5.92 Å². The van der Waals surface area contributed by atoms with Crippen molar-refractivity contribution < 1.29 is 9.18 Å². The van der Waals surface area contributed by atoms with Crippen molar-refractivity contribution in [3.8, 4) is 21.8 Å². The van der Waals surface area contributed by atoms with E-state index in [4.69, 9.17) is 4.98 Å². The summed E-state index contributed by atoms with van der Waals surface area (Å²) in [4.78, 5) is 27.6. The van der Waals surface area contributed by atoms with Gasteiger partial charge in [-0.1, -0.05) is 19.3 Å². The molecule has 6 nitrogen and oxygen atoms in total. The van der Waals surface area contributed by atoms with Gasteiger partial charge in [0.2, 0.25) is 11.9 Å². The molecule has 2 aromatic heterocycles. The largest absolute Gasteiger partial charge is 0.317 e. The molecule has 2 aliphatic rings. The van der Waals surface area contributed by atoms with Crippen LogP contribution >= 0.6 is 11.3 Å². The Kier molecular flexibility index (Phi) is 6.73. The van der Waals surface area contributed by atoms with Crippen LogP contribution in [0.1, 0.15) is 55.9 Å². The number of piperidine rings is 1. The van der Waals surface area contributed by atoms with E-state index in [0.717, 1.165) is 78.5 Å². The first-order valence-corrected chi connectivity index (χ1v) is 12.6. The smallest absolute Gasteiger partial charge is 0.229 e. The van der Waals surface area contributed by atoms with Gasteiger partial charge in [0.25, 0.3) is 0 Å². The molecule has 0 atom stereocenters. The van der Waals surface area contributed by atoms with Crippen molar-refractivity contribution in [1.82, 2.24) is 20.3 Å². The molecule has 33 heavy (non-hydrogen) atoms. The Bertz CT molecular complexity index is 1100. The molecule has 5 rings (SSSR count). The average Bonchev–Trinajstić information content (AvgIpc) is 3.31. The van der Waals surface area contributed by atoms with E-state index in [0.29, 0.717) is 11.9 Å². The number of carbonyl (C=O) groups is 1. The number of hydrogen-bond acceptors (Lipinski definition) is 6. The standard InChI is InChI=1S/C25H28FN5OS/c26-19-8-6-16(7-9-19)21-22(33-24(30-21)18-10-13-27-14-11-18)20-12-15-28-25(29-20)31-23(32)17-4-2-1-3-5-17/h6-9,12,15,17-18,27H,1-5,10-11,13-14H2,(H,28,29,31,32). The van der Waals surface area contributed by atoms with Gasteiger partial charge in [0, 0.05) is 23.6 Å². The van der Waals surface area contributed by atoms with Crippen LogP contribution in [0.2, 0.25) is 0 Å². The van der Waals surface area contributed by atoms with Gasteiger partial charge in [-0.15, -0.1) is 11.3 Å². The lowest BCUT2D eigenvalue weighted by molar-refractivity contribution is -0.120. The van der Waals surface area contributed by atoms with Crippen molar-refractivity contribution in [2.75, 3.05) is 18.4 Å². The molecule has 1 amide bonds. The molecule has 2 fully saturated rings. The number of aromatic nitrogens is 3. The van der Waals surface area contributed by atoms with Gasteiger partial charge in [0.15, 0.2) is 0 Å². The number of nitrogens with one attached hydrogen (secondary N) is 2. The zero-order valence-electron chi connectivity index (χ0n) is 18.5. The average molecular weight is 466 g/mol. The Morgan fingerprint density at radius 3 is 2.52 bits per heavy atom. The van der Waals surface area contributed by atoms with E-state index in [1.807, 2.05) is 6.07 Å². The van der Waals surface area contributed by atoms with Gasteiger partial charge in [0.1, 0.15) is 5.82 Å². The van der Waals surface area contributed by atoms with Gasteiger partial charge in [-0.2, -0.15) is 0 Å². The molecule has 1 saturated carbocycles. The highest BCUT2D eigenvalue weighted by Crippen LogP contribution is 2.40. The Morgan fingerprint density at radius 1 is 1.00 bits per heavy atom. The predicted octanol–water partition coefficient (Wildman–Crippen LogP) is 5.39. The third-order valence-electron chi connectivity index (χ3n) is 6.55. The number of nitrogens with zero attached hydrogens (tertiary/aromatic N) is 3. The van der Waals surface area contributed by atoms with Crippen LogP contribution in [0, 0.1) is 11.7 Å². The normalized spacial score (nSPS) is 17.7. The molecular formula is C25H28FN5OS. The quantitative estimate of drug-likeness (QED) is 0.528. The number of thiazole rings is 1. The molecule has 1 aromatic carbocycles. The van der Waals surface area contributed by atoms with E-state index >= 15 is 0 Å². The van der Waals surface area contributed by atoms with Crippen LogP contribution in [-0.4, -0.2) is 33.9 Å². The first-order valence-electron chi connectivity index (χ1n) is 11.8. The SMILES string of the molecule is O=C(Nc1nccc(-c2sc(C3CCNCC3)nc2-c2ccc(F)cc2)n1)C1CCCCC1. The monoisotopic (exact) mass is 465 g/mol. The van der Waals surface area contributed by atoms with Crippen LogP contribution in [0.5, 0.6) is 0 Å². The van der Waals surface area contributed by atoms with Crippen molar-refractivity contribution in [1.29, 1.82) is 0 Å². The Hall–Kier alpha value is -2.71. The number of rotatable bonds is 5. The fraction of sp³-hybridized carbons (Fsp3) is 0.440. The lowest BCUT2D eigenvalue weighted by atomic mass is 9.89. The minimum Gasteiger partial charge on any atom is -0.317 e. The zero-order valence-corrected chi connectivity index (χ0v) is 19.3. The topological polar surface area (TPSA) is 79.8 Å². The Labute approximate surface area is 197 Å². The lowest BCUT2D eigenvalue weighted by Gasteiger charge is -2.20. The van der Waals surface area contributed by atoms with Crippen LogP contribution < -0.4 is 10.6 Å². The minimum atomic E-state index is -0.274. The maximum atomic E-state index is 13.6. The Morgan fingerprint density at radius 2 is 1.76 bits per heavy atom. The molecule has 0 radical (unpaired) electrons. The number of amides is 1. The second-order valence-corrected chi connectivity index (χ2v) is 9.88. The molecule has 1 aliphatic carbocycles. The maximum Gasteiger partial charge on any atom is 0.229 e. The molecule has 0 unspecified atom stereocenters. The second kappa shape index (κ2) is 10.1. The summed E-state index contributed by atoms with van der Waals surface area (Å²) in [5.41, 5.74) is 2.38. The van der Waals surface area contributed by atoms with Gasteiger partial charge in [-0.25, -0.2) is 19.3 Å². The fourth-order valence-electron chi connectivity index (χ4n) is 4.68. The summed E-state index contributed by atoms with van der Waals surface area (Å²) in [6.45, 7) is 1.96. The third kappa shape index (κ3) is 5.12. The number of benzene rings is 1. The molecule has 172 valence electrons. The summed E-state index contributed by atoms with van der Waals surface area (Å²) < 4.78 is 13.6. The highest BCUT2D eigenvalue weighted by molar-refractivity contribution is 7.15. The summed E-state index contributed by atoms with van der Waals surface area (Å²) in [5, 5.41) is 7.41. The first kappa shape index (κ1) is 22.1. The van der Waals surface area contributed by atoms with E-state index in [1.54, 1.807) is 29.7 Å². The molecule has 3 heterocycles. The van der Waals surface area contributed by atoms with Crippen molar-refractivity contribution in [3.63, 3.8) is 0 Å². The van der Waals surface area contributed by atoms with Crippen LogP contribution in [0.4, 0.5) is 10.3 Å². The third-order valence-corrected chi connectivity index (χ3v) is 7.79. The zero-order chi connectivity index (χ0) is 22.6. The van der Waals surface area contributed by atoms with Crippen LogP contribution in [0.3, 0.4) is 0 Å². The summed E-state index contributed by atoms with van der Waals surface area (Å²) >= 11 is 1.64. The summed E-state index contributed by atoms with van der Waals surface area (Å²) in [6, 6.07) is 8.28. The van der Waals surface area contributed by atoms with Crippen molar-refractivity contribution >= 4 is 23.2 Å². The maximum absolute atomic E-state index is 13.6. The van der Waals surface area contributed by atoms with Crippen LogP contribution in [-0.2, 0) is 4.79 Å². The molecule has 2 N–H and O–H groups in total. The molecule has 8 heteroatoms. The van der Waals surface area contributed by atoms with E-state index in [2.05, 4.69) is 20.6 Å². The van der Waals surface area contributed by atoms with Crippen LogP contribution in [0.15, 0.2) is 36.5 Å². The Balaban J connectivity index is 1.47. The fourth-order valence-corrected chi connectivity index (χ4v) is 5.91. The molecule has 1 aliphatic heterocycles. The van der Waals surface area contributed by atoms with Gasteiger partial charge < -0.3 is 5.32 Å². The minimum absolute atomic E-state index is 0.00491. The summed E-state index contributed by atoms with van der Waals surface area (Å²) in [6.07, 6.45) is 9.01. The molecule has 0 bridgehead atoms. The second-order valence-electron chi connectivity index (χ2n) is 8.85. The van der Waals surface area contributed by atoms with E-state index in [-0.39, 0.29) is 17.6 Å². The molecule has 3 aromatic rings. The van der Waals surface area contributed by atoms with Gasteiger partial charge in [-0.05, 0) is 69.1 Å². The number of hydrogen-bond donors (Lipinski definition) is 2. The molecule has 1 saturated heterocycles. The lowest BCUT2D eigenvalue weighted by Crippen LogP contribution is -2.26. The van der Waals surface area contributed by atoms with E-state index in [9.17, 15) is 9.18 Å².